The molecule has 29 heavy (non-hydrogen) atoms. The topological polar surface area (TPSA) is 52.6 Å². The molecule has 0 rings (SSSR count). The Morgan fingerprint density at radius 3 is 1.34 bits per heavy atom. The molecule has 0 saturated heterocycles. The quantitative estimate of drug-likeness (QED) is 0.136. The second kappa shape index (κ2) is 23.6. The first-order chi connectivity index (χ1) is 14.2. The van der Waals surface area contributed by atoms with Crippen molar-refractivity contribution < 1.29 is 19.1 Å². The number of hydrogen-bond acceptors (Lipinski definition) is 5. The molecule has 0 heterocycles. The fraction of sp³-hybridized carbons (Fsp3) is 0.917. The van der Waals surface area contributed by atoms with Gasteiger partial charge in [0.15, 0.2) is 0 Å². The summed E-state index contributed by atoms with van der Waals surface area (Å²) in [5.41, 5.74) is 0. The molecular formula is C24H46O4S. The summed E-state index contributed by atoms with van der Waals surface area (Å²) in [6, 6.07) is 0. The molecule has 0 aromatic carbocycles. The van der Waals surface area contributed by atoms with Gasteiger partial charge in [0, 0.05) is 12.8 Å². The van der Waals surface area contributed by atoms with Gasteiger partial charge in [-0.1, -0.05) is 78.1 Å². The number of hydrogen-bond donors (Lipinski definition) is 0. The number of carbonyl (C=O) groups excluding carboxylic acids is 2. The molecule has 0 unspecified atom stereocenters. The lowest BCUT2D eigenvalue weighted by molar-refractivity contribution is -0.144. The number of esters is 2. The van der Waals surface area contributed by atoms with Crippen LogP contribution >= 0.6 is 11.8 Å². The van der Waals surface area contributed by atoms with E-state index in [2.05, 4.69) is 13.8 Å². The molecule has 0 spiro atoms. The Hall–Kier alpha value is -0.710. The molecule has 0 N–H and O–H groups in total. The molecule has 0 radical (unpaired) electrons. The molecule has 0 fully saturated rings. The monoisotopic (exact) mass is 430 g/mol. The fourth-order valence-electron chi connectivity index (χ4n) is 3.02. The molecule has 0 amide bonds. The molecule has 172 valence electrons. The van der Waals surface area contributed by atoms with Crippen LogP contribution in [0.2, 0.25) is 0 Å². The summed E-state index contributed by atoms with van der Waals surface area (Å²) in [7, 11) is 0. The summed E-state index contributed by atoms with van der Waals surface area (Å²) >= 11 is 1.80. The molecule has 0 aromatic rings. The van der Waals surface area contributed by atoms with Gasteiger partial charge < -0.3 is 9.47 Å². The van der Waals surface area contributed by atoms with Crippen LogP contribution in [0.15, 0.2) is 0 Å². The largest absolute Gasteiger partial charge is 0.466 e. The van der Waals surface area contributed by atoms with E-state index in [-0.39, 0.29) is 11.9 Å². The Morgan fingerprint density at radius 2 is 0.931 bits per heavy atom. The Morgan fingerprint density at radius 1 is 0.552 bits per heavy atom. The molecule has 0 bridgehead atoms. The Kier molecular flexibility index (Phi) is 23.0. The van der Waals surface area contributed by atoms with Crippen LogP contribution in [0.3, 0.4) is 0 Å². The number of unbranched alkanes of at least 4 members (excludes halogenated alkanes) is 10. The third kappa shape index (κ3) is 23.4. The van der Waals surface area contributed by atoms with Crippen molar-refractivity contribution in [2.24, 2.45) is 0 Å². The molecule has 0 aliphatic carbocycles. The van der Waals surface area contributed by atoms with Gasteiger partial charge in [-0.15, -0.1) is 0 Å². The van der Waals surface area contributed by atoms with E-state index in [4.69, 9.17) is 9.47 Å². The first-order valence-corrected chi connectivity index (χ1v) is 13.2. The van der Waals surface area contributed by atoms with Crippen molar-refractivity contribution >= 4 is 23.7 Å². The molecule has 0 aliphatic heterocycles. The molecule has 4 nitrogen and oxygen atoms in total. The molecule has 0 saturated carbocycles. The van der Waals surface area contributed by atoms with Crippen LogP contribution in [0.25, 0.3) is 0 Å². The lowest BCUT2D eigenvalue weighted by atomic mass is 10.1. The van der Waals surface area contributed by atoms with Crippen molar-refractivity contribution in [1.29, 1.82) is 0 Å². The van der Waals surface area contributed by atoms with Crippen LogP contribution < -0.4 is 0 Å². The highest BCUT2D eigenvalue weighted by Crippen LogP contribution is 2.10. The zero-order chi connectivity index (χ0) is 21.4. The van der Waals surface area contributed by atoms with E-state index in [9.17, 15) is 9.59 Å². The molecule has 0 aromatic heterocycles. The van der Waals surface area contributed by atoms with E-state index in [1.54, 1.807) is 11.8 Å². The van der Waals surface area contributed by atoms with Crippen molar-refractivity contribution in [1.82, 2.24) is 0 Å². The summed E-state index contributed by atoms with van der Waals surface area (Å²) in [6.45, 7) is 5.57. The zero-order valence-electron chi connectivity index (χ0n) is 19.2. The first-order valence-electron chi connectivity index (χ1n) is 12.1. The normalized spacial score (nSPS) is 10.8. The van der Waals surface area contributed by atoms with Crippen LogP contribution in [-0.2, 0) is 19.1 Å². The van der Waals surface area contributed by atoms with Gasteiger partial charge in [-0.25, -0.2) is 0 Å². The fourth-order valence-corrected chi connectivity index (χ4v) is 3.92. The number of thioether (sulfide) groups is 1. The zero-order valence-corrected chi connectivity index (χ0v) is 20.0. The van der Waals surface area contributed by atoms with Gasteiger partial charge in [-0.2, -0.15) is 11.8 Å². The second-order valence-corrected chi connectivity index (χ2v) is 9.02. The Bertz CT molecular complexity index is 340. The average Bonchev–Trinajstić information content (AvgIpc) is 2.71. The van der Waals surface area contributed by atoms with Gasteiger partial charge in [-0.05, 0) is 37.2 Å². The standard InChI is InChI=1S/C24H46O4S/c1-3-5-7-9-11-13-19-27-23(25)17-15-21-29-22-16-18-24(26)28-20-14-12-10-8-6-4-2/h3-22H2,1-2H3. The maximum absolute atomic E-state index is 11.7. The molecular weight excluding hydrogens is 384 g/mol. The van der Waals surface area contributed by atoms with Crippen molar-refractivity contribution in [2.45, 2.75) is 117 Å². The van der Waals surface area contributed by atoms with E-state index in [1.165, 1.54) is 51.4 Å². The van der Waals surface area contributed by atoms with E-state index in [0.29, 0.717) is 26.1 Å². The molecule has 0 atom stereocenters. The molecule has 0 aliphatic rings. The summed E-state index contributed by atoms with van der Waals surface area (Å²) in [5, 5.41) is 0. The summed E-state index contributed by atoms with van der Waals surface area (Å²) in [4.78, 5) is 23.3. The van der Waals surface area contributed by atoms with Crippen LogP contribution in [-0.4, -0.2) is 36.7 Å². The first kappa shape index (κ1) is 28.3. The van der Waals surface area contributed by atoms with E-state index < -0.39 is 0 Å². The van der Waals surface area contributed by atoms with E-state index in [1.807, 2.05) is 0 Å². The highest BCUT2D eigenvalue weighted by Gasteiger charge is 2.04. The van der Waals surface area contributed by atoms with Crippen LogP contribution in [0.5, 0.6) is 0 Å². The highest BCUT2D eigenvalue weighted by molar-refractivity contribution is 7.99. The third-order valence-electron chi connectivity index (χ3n) is 4.86. The molecule has 5 heteroatoms. The van der Waals surface area contributed by atoms with Gasteiger partial charge in [0.2, 0.25) is 0 Å². The number of carbonyl (C=O) groups is 2. The Balaban J connectivity index is 3.27. The second-order valence-electron chi connectivity index (χ2n) is 7.80. The lowest BCUT2D eigenvalue weighted by Crippen LogP contribution is -2.07. The minimum absolute atomic E-state index is 0.0718. The van der Waals surface area contributed by atoms with Crippen LogP contribution in [0.1, 0.15) is 117 Å². The van der Waals surface area contributed by atoms with Crippen molar-refractivity contribution in [3.8, 4) is 0 Å². The van der Waals surface area contributed by atoms with Crippen LogP contribution in [0, 0.1) is 0 Å². The maximum Gasteiger partial charge on any atom is 0.305 e. The van der Waals surface area contributed by atoms with Crippen molar-refractivity contribution in [3.63, 3.8) is 0 Å². The van der Waals surface area contributed by atoms with Gasteiger partial charge in [0.1, 0.15) is 0 Å². The highest BCUT2D eigenvalue weighted by atomic mass is 32.2. The number of ether oxygens (including phenoxy) is 2. The van der Waals surface area contributed by atoms with Gasteiger partial charge in [0.05, 0.1) is 13.2 Å². The van der Waals surface area contributed by atoms with E-state index >= 15 is 0 Å². The predicted octanol–water partition coefficient (Wildman–Crippen LogP) is 7.09. The number of rotatable bonds is 22. The van der Waals surface area contributed by atoms with Crippen LogP contribution in [0.4, 0.5) is 0 Å². The third-order valence-corrected chi connectivity index (χ3v) is 6.02. The predicted molar refractivity (Wildman–Crippen MR) is 124 cm³/mol. The summed E-state index contributed by atoms with van der Waals surface area (Å²) in [6.07, 6.45) is 17.2. The van der Waals surface area contributed by atoms with E-state index in [0.717, 1.165) is 50.0 Å². The van der Waals surface area contributed by atoms with Gasteiger partial charge in [-0.3, -0.25) is 9.59 Å². The maximum atomic E-state index is 11.7. The minimum Gasteiger partial charge on any atom is -0.466 e. The van der Waals surface area contributed by atoms with Gasteiger partial charge >= 0.3 is 11.9 Å². The average molecular weight is 431 g/mol. The Labute approximate surface area is 184 Å². The summed E-state index contributed by atoms with van der Waals surface area (Å²) < 4.78 is 10.5. The van der Waals surface area contributed by atoms with Crippen molar-refractivity contribution in [3.05, 3.63) is 0 Å². The smallest absolute Gasteiger partial charge is 0.305 e. The SMILES string of the molecule is CCCCCCCCOC(=O)CCCSCCCC(=O)OCCCCCCCC. The van der Waals surface area contributed by atoms with Crippen molar-refractivity contribution in [2.75, 3.05) is 24.7 Å². The van der Waals surface area contributed by atoms with Gasteiger partial charge in [0.25, 0.3) is 0 Å². The summed E-state index contributed by atoms with van der Waals surface area (Å²) in [5.74, 6) is 1.74. The minimum atomic E-state index is -0.0718. The lowest BCUT2D eigenvalue weighted by Gasteiger charge is -2.06.